The maximum absolute atomic E-state index is 12.2. The number of anilines is 1. The van der Waals surface area contributed by atoms with Crippen molar-refractivity contribution in [1.29, 1.82) is 0 Å². The van der Waals surface area contributed by atoms with Crippen LogP contribution in [-0.2, 0) is 22.6 Å². The fourth-order valence-corrected chi connectivity index (χ4v) is 3.44. The summed E-state index contributed by atoms with van der Waals surface area (Å²) >= 11 is 0. The molecular formula is C25H35IN4O3. The molecule has 1 amide bonds. The number of nitrogens with one attached hydrogen (secondary N) is 3. The van der Waals surface area contributed by atoms with Crippen LogP contribution in [0.15, 0.2) is 47.5 Å². The van der Waals surface area contributed by atoms with Gasteiger partial charge >= 0.3 is 0 Å². The van der Waals surface area contributed by atoms with E-state index >= 15 is 0 Å². The number of carbonyl (C=O) groups excluding carboxylic acids is 1. The summed E-state index contributed by atoms with van der Waals surface area (Å²) in [6.07, 6.45) is 3.14. The number of halogens is 1. The maximum Gasteiger partial charge on any atom is 0.227 e. The van der Waals surface area contributed by atoms with E-state index in [1.165, 1.54) is 0 Å². The number of nitrogens with zero attached hydrogens (tertiary/aromatic N) is 1. The summed E-state index contributed by atoms with van der Waals surface area (Å²) < 4.78 is 10.9. The van der Waals surface area contributed by atoms with E-state index in [0.29, 0.717) is 32.3 Å². The Bertz CT molecular complexity index is 932. The molecule has 1 aliphatic rings. The van der Waals surface area contributed by atoms with Crippen LogP contribution in [0.1, 0.15) is 36.0 Å². The fraction of sp³-hybridized carbons (Fsp3) is 0.440. The second-order valence-electron chi connectivity index (χ2n) is 8.05. The highest BCUT2D eigenvalue weighted by atomic mass is 127. The first-order valence-corrected chi connectivity index (χ1v) is 11.1. The number of methoxy groups -OCH3 is 1. The van der Waals surface area contributed by atoms with Gasteiger partial charge in [0.1, 0.15) is 12.4 Å². The van der Waals surface area contributed by atoms with Crippen LogP contribution >= 0.6 is 24.0 Å². The first-order valence-electron chi connectivity index (χ1n) is 11.1. The van der Waals surface area contributed by atoms with E-state index in [2.05, 4.69) is 33.1 Å². The number of amides is 1. The van der Waals surface area contributed by atoms with Crippen molar-refractivity contribution in [1.82, 2.24) is 10.6 Å². The van der Waals surface area contributed by atoms with Crippen molar-refractivity contribution in [2.45, 2.75) is 39.3 Å². The standard InChI is InChI=1S/C25H34N4O3.HI/c1-18-10-11-21(23(14-18)32-13-12-31-3)17-28-25(26-2)27-16-19-6-4-9-22(15-19)29-24(30)20-7-5-8-20;/h4,6,9-11,14-15,20H,5,7-8,12-13,16-17H2,1-3H3,(H,29,30)(H2,26,27,28);1H. The number of hydrogen-bond acceptors (Lipinski definition) is 4. The van der Waals surface area contributed by atoms with Gasteiger partial charge in [-0.2, -0.15) is 0 Å². The van der Waals surface area contributed by atoms with Crippen LogP contribution in [0.3, 0.4) is 0 Å². The van der Waals surface area contributed by atoms with Crippen molar-refractivity contribution in [2.24, 2.45) is 10.9 Å². The molecule has 3 rings (SSSR count). The molecule has 0 aromatic heterocycles. The molecule has 8 heteroatoms. The number of guanidine groups is 1. The third-order valence-corrected chi connectivity index (χ3v) is 5.57. The molecule has 3 N–H and O–H groups in total. The maximum atomic E-state index is 12.2. The van der Waals surface area contributed by atoms with Crippen molar-refractivity contribution in [3.05, 3.63) is 59.2 Å². The lowest BCUT2D eigenvalue weighted by atomic mass is 9.85. The van der Waals surface area contributed by atoms with Crippen molar-refractivity contribution in [3.8, 4) is 5.75 Å². The molecule has 180 valence electrons. The Hall–Kier alpha value is -2.33. The zero-order chi connectivity index (χ0) is 22.8. The van der Waals surface area contributed by atoms with Gasteiger partial charge in [-0.1, -0.05) is 30.7 Å². The largest absolute Gasteiger partial charge is 0.491 e. The number of ether oxygens (including phenoxy) is 2. The molecule has 0 atom stereocenters. The average Bonchev–Trinajstić information content (AvgIpc) is 2.74. The lowest BCUT2D eigenvalue weighted by molar-refractivity contribution is -0.122. The lowest BCUT2D eigenvalue weighted by Crippen LogP contribution is -2.36. The van der Waals surface area contributed by atoms with Gasteiger partial charge in [0.15, 0.2) is 5.96 Å². The summed E-state index contributed by atoms with van der Waals surface area (Å²) in [6, 6.07) is 14.1. The molecular weight excluding hydrogens is 531 g/mol. The molecule has 1 saturated carbocycles. The van der Waals surface area contributed by atoms with Gasteiger partial charge in [-0.3, -0.25) is 9.79 Å². The van der Waals surface area contributed by atoms with Gasteiger partial charge in [0.05, 0.1) is 6.61 Å². The van der Waals surface area contributed by atoms with Gasteiger partial charge in [0.25, 0.3) is 0 Å². The van der Waals surface area contributed by atoms with Gasteiger partial charge in [-0.05, 0) is 49.1 Å². The molecule has 7 nitrogen and oxygen atoms in total. The van der Waals surface area contributed by atoms with Crippen molar-refractivity contribution >= 4 is 41.5 Å². The molecule has 33 heavy (non-hydrogen) atoms. The third-order valence-electron chi connectivity index (χ3n) is 5.57. The molecule has 1 fully saturated rings. The smallest absolute Gasteiger partial charge is 0.227 e. The Morgan fingerprint density at radius 3 is 2.58 bits per heavy atom. The van der Waals surface area contributed by atoms with E-state index in [0.717, 1.165) is 47.4 Å². The summed E-state index contributed by atoms with van der Waals surface area (Å²) in [5, 5.41) is 9.70. The highest BCUT2D eigenvalue weighted by Gasteiger charge is 2.25. The number of aryl methyl sites for hydroxylation is 1. The van der Waals surface area contributed by atoms with Crippen LogP contribution in [0, 0.1) is 12.8 Å². The number of hydrogen-bond donors (Lipinski definition) is 3. The molecule has 0 unspecified atom stereocenters. The first kappa shape index (κ1) is 26.9. The van der Waals surface area contributed by atoms with Crippen molar-refractivity contribution in [2.75, 3.05) is 32.7 Å². The minimum atomic E-state index is 0. The van der Waals surface area contributed by atoms with Crippen molar-refractivity contribution < 1.29 is 14.3 Å². The van der Waals surface area contributed by atoms with Crippen LogP contribution in [0.2, 0.25) is 0 Å². The second kappa shape index (κ2) is 14.0. The molecule has 2 aromatic rings. The highest BCUT2D eigenvalue weighted by Crippen LogP contribution is 2.27. The van der Waals surface area contributed by atoms with Gasteiger partial charge in [-0.25, -0.2) is 0 Å². The SMILES string of the molecule is CN=C(NCc1cccc(NC(=O)C2CCC2)c1)NCc1ccc(C)cc1OCCOC.I. The molecule has 0 radical (unpaired) electrons. The van der Waals surface area contributed by atoms with E-state index in [1.54, 1.807) is 14.2 Å². The summed E-state index contributed by atoms with van der Waals surface area (Å²) in [5.74, 6) is 1.84. The Labute approximate surface area is 213 Å². The van der Waals surface area contributed by atoms with Crippen molar-refractivity contribution in [3.63, 3.8) is 0 Å². The molecule has 2 aromatic carbocycles. The molecule has 0 saturated heterocycles. The number of aliphatic imine (C=N–C) groups is 1. The van der Waals surface area contributed by atoms with E-state index in [4.69, 9.17) is 9.47 Å². The fourth-order valence-electron chi connectivity index (χ4n) is 3.44. The first-order chi connectivity index (χ1) is 15.6. The molecule has 0 spiro atoms. The minimum absolute atomic E-state index is 0. The van der Waals surface area contributed by atoms with E-state index in [-0.39, 0.29) is 35.8 Å². The number of rotatable bonds is 10. The zero-order valence-electron chi connectivity index (χ0n) is 19.6. The molecule has 0 aliphatic heterocycles. The van der Waals surface area contributed by atoms with Crippen LogP contribution < -0.4 is 20.7 Å². The van der Waals surface area contributed by atoms with E-state index in [1.807, 2.05) is 37.3 Å². The number of benzene rings is 2. The summed E-state index contributed by atoms with van der Waals surface area (Å²) in [7, 11) is 3.41. The Morgan fingerprint density at radius 2 is 1.88 bits per heavy atom. The predicted octanol–water partition coefficient (Wildman–Crippen LogP) is 4.24. The zero-order valence-corrected chi connectivity index (χ0v) is 22.0. The van der Waals surface area contributed by atoms with Crippen LogP contribution in [-0.4, -0.2) is 39.2 Å². The van der Waals surface area contributed by atoms with E-state index in [9.17, 15) is 4.79 Å². The Morgan fingerprint density at radius 1 is 1.09 bits per heavy atom. The quantitative estimate of drug-likeness (QED) is 0.174. The average molecular weight is 566 g/mol. The molecule has 0 bridgehead atoms. The highest BCUT2D eigenvalue weighted by molar-refractivity contribution is 14.0. The summed E-state index contributed by atoms with van der Waals surface area (Å²) in [6.45, 7) is 4.28. The summed E-state index contributed by atoms with van der Waals surface area (Å²) in [5.41, 5.74) is 4.10. The Kier molecular flexibility index (Phi) is 11.5. The molecule has 0 heterocycles. The monoisotopic (exact) mass is 566 g/mol. The number of carbonyl (C=O) groups is 1. The lowest BCUT2D eigenvalue weighted by Gasteiger charge is -2.24. The van der Waals surface area contributed by atoms with Gasteiger partial charge in [0, 0.05) is 44.4 Å². The summed E-state index contributed by atoms with van der Waals surface area (Å²) in [4.78, 5) is 16.5. The minimum Gasteiger partial charge on any atom is -0.491 e. The van der Waals surface area contributed by atoms with Gasteiger partial charge < -0.3 is 25.4 Å². The third kappa shape index (κ3) is 8.51. The Balaban J connectivity index is 0.00000385. The topological polar surface area (TPSA) is 84.0 Å². The molecule has 1 aliphatic carbocycles. The van der Waals surface area contributed by atoms with Gasteiger partial charge in [-0.15, -0.1) is 24.0 Å². The van der Waals surface area contributed by atoms with Gasteiger partial charge in [0.2, 0.25) is 5.91 Å². The predicted molar refractivity (Wildman–Crippen MR) is 143 cm³/mol. The normalized spacial score (nSPS) is 13.5. The van der Waals surface area contributed by atoms with E-state index < -0.39 is 0 Å². The second-order valence-corrected chi connectivity index (χ2v) is 8.05. The van der Waals surface area contributed by atoms with Crippen LogP contribution in [0.4, 0.5) is 5.69 Å². The van der Waals surface area contributed by atoms with Crippen LogP contribution in [0.5, 0.6) is 5.75 Å². The van der Waals surface area contributed by atoms with Crippen LogP contribution in [0.25, 0.3) is 0 Å².